The second-order valence-corrected chi connectivity index (χ2v) is 3.78. The zero-order valence-electron chi connectivity index (χ0n) is 9.06. The fourth-order valence-corrected chi connectivity index (χ4v) is 1.70. The molecule has 0 N–H and O–H groups in total. The number of rotatable bonds is 0. The molecule has 0 aliphatic heterocycles. The average Bonchev–Trinajstić information content (AvgIpc) is 2.29. The van der Waals surface area contributed by atoms with E-state index >= 15 is 0 Å². The van der Waals surface area contributed by atoms with Crippen LogP contribution in [0.1, 0.15) is 24.0 Å². The number of carbonyl (C=O) groups excluding carboxylic acids is 1. The number of benzene rings is 1. The Morgan fingerprint density at radius 3 is 2.12 bits per heavy atom. The Balaban J connectivity index is 0.000000209. The van der Waals surface area contributed by atoms with Crippen molar-refractivity contribution in [2.45, 2.75) is 31.9 Å². The average molecular weight is 248 g/mol. The number of aldehydes is 1. The van der Waals surface area contributed by atoms with Gasteiger partial charge in [0.25, 0.3) is 0 Å². The van der Waals surface area contributed by atoms with Crippen molar-refractivity contribution in [2.24, 2.45) is 0 Å². The molecular formula is C12H12F4O. The Morgan fingerprint density at radius 1 is 1.06 bits per heavy atom. The monoisotopic (exact) mass is 248 g/mol. The smallest absolute Gasteiger partial charge is 0.293 e. The number of hydrogen-bond donors (Lipinski definition) is 0. The minimum atomic E-state index is -4.64. The van der Waals surface area contributed by atoms with Crippen molar-refractivity contribution in [3.63, 3.8) is 0 Å². The van der Waals surface area contributed by atoms with Crippen molar-refractivity contribution >= 4 is 6.29 Å². The van der Waals surface area contributed by atoms with Crippen molar-refractivity contribution in [2.75, 3.05) is 0 Å². The van der Waals surface area contributed by atoms with E-state index in [1.54, 1.807) is 12.1 Å². The summed E-state index contributed by atoms with van der Waals surface area (Å²) in [6.07, 6.45) is -1.02. The van der Waals surface area contributed by atoms with E-state index in [-0.39, 0.29) is 5.82 Å². The lowest BCUT2D eigenvalue weighted by atomic mass is 9.92. The van der Waals surface area contributed by atoms with E-state index in [1.807, 2.05) is 6.07 Å². The van der Waals surface area contributed by atoms with Crippen molar-refractivity contribution in [1.29, 1.82) is 0 Å². The number of carbonyl (C=O) groups is 1. The zero-order valence-corrected chi connectivity index (χ0v) is 9.06. The highest BCUT2D eigenvalue weighted by molar-refractivity contribution is 5.56. The van der Waals surface area contributed by atoms with Gasteiger partial charge < -0.3 is 0 Å². The van der Waals surface area contributed by atoms with Crippen LogP contribution in [0, 0.1) is 5.82 Å². The van der Waals surface area contributed by atoms with Gasteiger partial charge in [-0.25, -0.2) is 4.39 Å². The SMILES string of the molecule is Fc1ccc2c(c1)CCCC2.O=CC(F)(F)F. The molecule has 1 aliphatic rings. The van der Waals surface area contributed by atoms with Crippen molar-refractivity contribution < 1.29 is 22.4 Å². The summed E-state index contributed by atoms with van der Waals surface area (Å²) < 4.78 is 43.9. The predicted molar refractivity (Wildman–Crippen MR) is 55.2 cm³/mol. The maximum atomic E-state index is 12.7. The summed E-state index contributed by atoms with van der Waals surface area (Å²) >= 11 is 0. The Labute approximate surface area is 96.4 Å². The van der Waals surface area contributed by atoms with Gasteiger partial charge in [-0.15, -0.1) is 0 Å². The Kier molecular flexibility index (Phi) is 4.66. The third-order valence-electron chi connectivity index (χ3n) is 2.44. The van der Waals surface area contributed by atoms with Crippen LogP contribution in [-0.4, -0.2) is 12.5 Å². The number of alkyl halides is 3. The van der Waals surface area contributed by atoms with Gasteiger partial charge in [-0.1, -0.05) is 6.07 Å². The topological polar surface area (TPSA) is 17.1 Å². The molecule has 0 aromatic heterocycles. The fourth-order valence-electron chi connectivity index (χ4n) is 1.70. The van der Waals surface area contributed by atoms with E-state index in [2.05, 4.69) is 0 Å². The second-order valence-electron chi connectivity index (χ2n) is 3.78. The summed E-state index contributed by atoms with van der Waals surface area (Å²) in [6.45, 7) is 0. The second kappa shape index (κ2) is 5.80. The molecule has 0 saturated heterocycles. The van der Waals surface area contributed by atoms with Crippen LogP contribution in [-0.2, 0) is 17.6 Å². The van der Waals surface area contributed by atoms with Crippen LogP contribution in [0.25, 0.3) is 0 Å². The Hall–Kier alpha value is -1.39. The van der Waals surface area contributed by atoms with E-state index in [4.69, 9.17) is 4.79 Å². The molecule has 0 bridgehead atoms. The molecule has 1 aromatic rings. The largest absolute Gasteiger partial charge is 0.446 e. The van der Waals surface area contributed by atoms with Gasteiger partial charge in [-0.3, -0.25) is 4.79 Å². The van der Waals surface area contributed by atoms with E-state index < -0.39 is 12.5 Å². The number of hydrogen-bond acceptors (Lipinski definition) is 1. The van der Waals surface area contributed by atoms with Crippen molar-refractivity contribution in [3.8, 4) is 0 Å². The first-order chi connectivity index (χ1) is 7.92. The highest BCUT2D eigenvalue weighted by atomic mass is 19.4. The summed E-state index contributed by atoms with van der Waals surface area (Å²) in [5.74, 6) is -0.0920. The van der Waals surface area contributed by atoms with Crippen LogP contribution in [0.3, 0.4) is 0 Å². The lowest BCUT2D eigenvalue weighted by Crippen LogP contribution is -2.07. The molecule has 94 valence electrons. The van der Waals surface area contributed by atoms with Crippen molar-refractivity contribution in [1.82, 2.24) is 0 Å². The molecule has 0 atom stereocenters. The van der Waals surface area contributed by atoms with Gasteiger partial charge in [-0.05, 0) is 48.9 Å². The van der Waals surface area contributed by atoms with Crippen LogP contribution in [0.5, 0.6) is 0 Å². The first-order valence-corrected chi connectivity index (χ1v) is 5.23. The molecule has 0 amide bonds. The molecule has 1 aromatic carbocycles. The first-order valence-electron chi connectivity index (χ1n) is 5.23. The molecule has 2 rings (SSSR count). The number of aryl methyl sites for hydroxylation is 2. The first kappa shape index (κ1) is 13.7. The Morgan fingerprint density at radius 2 is 1.59 bits per heavy atom. The molecule has 0 heterocycles. The van der Waals surface area contributed by atoms with Gasteiger partial charge in [-0.2, -0.15) is 13.2 Å². The lowest BCUT2D eigenvalue weighted by Gasteiger charge is -2.14. The van der Waals surface area contributed by atoms with Crippen molar-refractivity contribution in [3.05, 3.63) is 35.1 Å². The van der Waals surface area contributed by atoms with E-state index in [0.717, 1.165) is 12.8 Å². The van der Waals surface area contributed by atoms with E-state index in [0.29, 0.717) is 0 Å². The third-order valence-corrected chi connectivity index (χ3v) is 2.44. The summed E-state index contributed by atoms with van der Waals surface area (Å²) in [4.78, 5) is 8.70. The minimum Gasteiger partial charge on any atom is -0.293 e. The normalized spacial score (nSPS) is 14.4. The van der Waals surface area contributed by atoms with Gasteiger partial charge in [0, 0.05) is 0 Å². The molecule has 1 nitrogen and oxygen atoms in total. The molecule has 0 unspecified atom stereocenters. The van der Waals surface area contributed by atoms with E-state index in [1.165, 1.54) is 24.0 Å². The molecule has 17 heavy (non-hydrogen) atoms. The Bertz CT molecular complexity index is 385. The summed E-state index contributed by atoms with van der Waals surface area (Å²) in [7, 11) is 0. The summed E-state index contributed by atoms with van der Waals surface area (Å²) in [5, 5.41) is 0. The van der Waals surface area contributed by atoms with Crippen LogP contribution < -0.4 is 0 Å². The molecular weight excluding hydrogens is 236 g/mol. The highest BCUT2D eigenvalue weighted by Crippen LogP contribution is 2.21. The van der Waals surface area contributed by atoms with Crippen LogP contribution in [0.2, 0.25) is 0 Å². The van der Waals surface area contributed by atoms with E-state index in [9.17, 15) is 17.6 Å². The van der Waals surface area contributed by atoms with Gasteiger partial charge in [0.05, 0.1) is 0 Å². The maximum absolute atomic E-state index is 12.7. The van der Waals surface area contributed by atoms with Crippen LogP contribution >= 0.6 is 0 Å². The number of fused-ring (bicyclic) bond motifs is 1. The standard InChI is InChI=1S/C10H11F.C2HF3O/c11-10-6-5-8-3-1-2-4-9(8)7-10;3-2(4,5)1-6/h5-7H,1-4H2;1H. The van der Waals surface area contributed by atoms with Gasteiger partial charge >= 0.3 is 6.18 Å². The molecule has 0 fully saturated rings. The van der Waals surface area contributed by atoms with Gasteiger partial charge in [0.1, 0.15) is 5.82 Å². The van der Waals surface area contributed by atoms with Gasteiger partial charge in [0.2, 0.25) is 6.29 Å². The maximum Gasteiger partial charge on any atom is 0.446 e. The zero-order chi connectivity index (χ0) is 12.9. The highest BCUT2D eigenvalue weighted by Gasteiger charge is 2.24. The van der Waals surface area contributed by atoms with Crippen LogP contribution in [0.15, 0.2) is 18.2 Å². The molecule has 5 heteroatoms. The number of halogens is 4. The van der Waals surface area contributed by atoms with Gasteiger partial charge in [0.15, 0.2) is 0 Å². The third kappa shape index (κ3) is 4.97. The lowest BCUT2D eigenvalue weighted by molar-refractivity contribution is -0.156. The summed E-state index contributed by atoms with van der Waals surface area (Å²) in [6, 6.07) is 5.16. The molecule has 0 radical (unpaired) electrons. The predicted octanol–water partition coefficient (Wildman–Crippen LogP) is 3.45. The molecule has 0 spiro atoms. The molecule has 0 saturated carbocycles. The quantitative estimate of drug-likeness (QED) is 0.507. The van der Waals surface area contributed by atoms with Crippen LogP contribution in [0.4, 0.5) is 17.6 Å². The summed E-state index contributed by atoms with van der Waals surface area (Å²) in [5.41, 5.74) is 2.56. The fraction of sp³-hybridized carbons (Fsp3) is 0.417. The molecule has 1 aliphatic carbocycles. The minimum absolute atomic E-state index is 0.0920.